The Bertz CT molecular complexity index is 1020. The molecule has 0 unspecified atom stereocenters. The smallest absolute Gasteiger partial charge is 0.254 e. The molecular weight excluding hydrogens is 340 g/mol. The highest BCUT2D eigenvalue weighted by Gasteiger charge is 2.28. The lowest BCUT2D eigenvalue weighted by Gasteiger charge is -2.17. The van der Waals surface area contributed by atoms with E-state index in [0.717, 1.165) is 23.0 Å². The first-order valence-corrected chi connectivity index (χ1v) is 8.98. The molecule has 0 spiro atoms. The van der Waals surface area contributed by atoms with Gasteiger partial charge in [0.05, 0.1) is 5.52 Å². The third-order valence-electron chi connectivity index (χ3n) is 4.82. The van der Waals surface area contributed by atoms with Gasteiger partial charge in [-0.3, -0.25) is 19.6 Å². The summed E-state index contributed by atoms with van der Waals surface area (Å²) in [6.07, 6.45) is 4.09. The number of nitrogens with zero attached hydrogens (tertiary/aromatic N) is 3. The average Bonchev–Trinajstić information content (AvgIpc) is 3.15. The van der Waals surface area contributed by atoms with Gasteiger partial charge in [0, 0.05) is 53.7 Å². The van der Waals surface area contributed by atoms with Crippen molar-refractivity contribution in [1.82, 2.24) is 20.2 Å². The molecule has 2 aromatic heterocycles. The summed E-state index contributed by atoms with van der Waals surface area (Å²) < 4.78 is 0. The van der Waals surface area contributed by atoms with Crippen LogP contribution in [-0.4, -0.2) is 45.8 Å². The van der Waals surface area contributed by atoms with Crippen LogP contribution in [0.5, 0.6) is 0 Å². The molecule has 0 bridgehead atoms. The molecule has 1 aliphatic rings. The molecule has 0 saturated carbocycles. The lowest BCUT2D eigenvalue weighted by molar-refractivity contribution is 0.0783. The normalized spacial score (nSPS) is 16.5. The van der Waals surface area contributed by atoms with E-state index in [4.69, 9.17) is 0 Å². The molecule has 4 rings (SSSR count). The molecule has 0 radical (unpaired) electrons. The fourth-order valence-electron chi connectivity index (χ4n) is 3.40. The summed E-state index contributed by atoms with van der Waals surface area (Å²) in [5, 5.41) is 4.02. The van der Waals surface area contributed by atoms with Gasteiger partial charge in [0.25, 0.3) is 11.8 Å². The summed E-state index contributed by atoms with van der Waals surface area (Å²) >= 11 is 0. The van der Waals surface area contributed by atoms with E-state index in [1.807, 2.05) is 37.3 Å². The van der Waals surface area contributed by atoms with Gasteiger partial charge in [0.15, 0.2) is 0 Å². The highest BCUT2D eigenvalue weighted by molar-refractivity contribution is 5.98. The maximum Gasteiger partial charge on any atom is 0.254 e. The van der Waals surface area contributed by atoms with Crippen molar-refractivity contribution in [1.29, 1.82) is 0 Å². The van der Waals surface area contributed by atoms with Crippen LogP contribution in [0.15, 0.2) is 54.9 Å². The number of hydrogen-bond donors (Lipinski definition) is 1. The molecule has 2 amide bonds. The Morgan fingerprint density at radius 3 is 2.81 bits per heavy atom. The topological polar surface area (TPSA) is 75.2 Å². The number of aromatic nitrogens is 2. The third kappa shape index (κ3) is 3.65. The number of nitrogens with one attached hydrogen (secondary N) is 1. The Kier molecular flexibility index (Phi) is 4.54. The van der Waals surface area contributed by atoms with Crippen LogP contribution in [0.1, 0.15) is 32.8 Å². The molecule has 3 aromatic rings. The van der Waals surface area contributed by atoms with Crippen LogP contribution < -0.4 is 5.32 Å². The summed E-state index contributed by atoms with van der Waals surface area (Å²) in [6, 6.07) is 12.8. The van der Waals surface area contributed by atoms with Crippen molar-refractivity contribution in [3.63, 3.8) is 0 Å². The van der Waals surface area contributed by atoms with Crippen molar-refractivity contribution in [2.45, 2.75) is 19.4 Å². The molecule has 0 aliphatic carbocycles. The Morgan fingerprint density at radius 2 is 1.96 bits per heavy atom. The minimum Gasteiger partial charge on any atom is -0.347 e. The number of rotatable bonds is 3. The highest BCUT2D eigenvalue weighted by atomic mass is 16.2. The van der Waals surface area contributed by atoms with Crippen molar-refractivity contribution in [2.24, 2.45) is 0 Å². The molecule has 136 valence electrons. The molecule has 6 heteroatoms. The number of aryl methyl sites for hydroxylation is 1. The van der Waals surface area contributed by atoms with Crippen molar-refractivity contribution in [2.75, 3.05) is 13.1 Å². The number of carbonyl (C=O) groups is 2. The van der Waals surface area contributed by atoms with E-state index in [-0.39, 0.29) is 17.9 Å². The zero-order valence-electron chi connectivity index (χ0n) is 15.1. The Morgan fingerprint density at radius 1 is 1.07 bits per heavy atom. The minimum atomic E-state index is -0.130. The van der Waals surface area contributed by atoms with Gasteiger partial charge in [-0.05, 0) is 43.7 Å². The number of likely N-dealkylation sites (tertiary alicyclic amines) is 1. The number of hydrogen-bond acceptors (Lipinski definition) is 4. The van der Waals surface area contributed by atoms with Crippen LogP contribution in [-0.2, 0) is 0 Å². The third-order valence-corrected chi connectivity index (χ3v) is 4.82. The first-order valence-electron chi connectivity index (χ1n) is 8.98. The summed E-state index contributed by atoms with van der Waals surface area (Å²) in [6.45, 7) is 2.99. The van der Waals surface area contributed by atoms with E-state index in [2.05, 4.69) is 15.3 Å². The zero-order chi connectivity index (χ0) is 18.8. The predicted octanol–water partition coefficient (Wildman–Crippen LogP) is 2.58. The number of carbonyl (C=O) groups excluding carboxylic acids is 2. The second kappa shape index (κ2) is 7.15. The van der Waals surface area contributed by atoms with Crippen molar-refractivity contribution in [3.05, 3.63) is 71.7 Å². The lowest BCUT2D eigenvalue weighted by atomic mass is 10.1. The summed E-state index contributed by atoms with van der Waals surface area (Å²) in [4.78, 5) is 35.4. The van der Waals surface area contributed by atoms with Gasteiger partial charge in [-0.1, -0.05) is 12.1 Å². The number of fused-ring (bicyclic) bond motifs is 1. The van der Waals surface area contributed by atoms with Gasteiger partial charge in [-0.25, -0.2) is 0 Å². The number of benzene rings is 1. The first kappa shape index (κ1) is 17.1. The van der Waals surface area contributed by atoms with Crippen molar-refractivity contribution >= 4 is 22.7 Å². The molecule has 27 heavy (non-hydrogen) atoms. The monoisotopic (exact) mass is 360 g/mol. The van der Waals surface area contributed by atoms with E-state index in [0.29, 0.717) is 24.2 Å². The SMILES string of the molecule is Cc1cc(C(=O)N[C@@H]2CCN(C(=O)c3ccc4cccnc4c3)C2)ccn1. The summed E-state index contributed by atoms with van der Waals surface area (Å²) in [5.41, 5.74) is 2.82. The second-order valence-corrected chi connectivity index (χ2v) is 6.81. The summed E-state index contributed by atoms with van der Waals surface area (Å²) in [7, 11) is 0. The van der Waals surface area contributed by atoms with Gasteiger partial charge >= 0.3 is 0 Å². The maximum atomic E-state index is 12.8. The maximum absolute atomic E-state index is 12.8. The van der Waals surface area contributed by atoms with Crippen molar-refractivity contribution in [3.8, 4) is 0 Å². The minimum absolute atomic E-state index is 0.0287. The Labute approximate surface area is 157 Å². The van der Waals surface area contributed by atoms with Crippen LogP contribution in [0.25, 0.3) is 10.9 Å². The van der Waals surface area contributed by atoms with E-state index in [1.165, 1.54) is 0 Å². The van der Waals surface area contributed by atoms with Crippen LogP contribution in [0.2, 0.25) is 0 Å². The number of pyridine rings is 2. The Hall–Kier alpha value is -3.28. The number of amides is 2. The van der Waals surface area contributed by atoms with E-state index in [1.54, 1.807) is 29.4 Å². The van der Waals surface area contributed by atoms with E-state index >= 15 is 0 Å². The standard InChI is InChI=1S/C21H20N4O2/c1-14-11-16(6-9-22-14)20(26)24-18-7-10-25(13-18)21(27)17-5-4-15-3-2-8-23-19(15)12-17/h2-6,8-9,11-12,18H,7,10,13H2,1H3,(H,24,26)/t18-/m1/s1. The molecule has 1 saturated heterocycles. The molecule has 6 nitrogen and oxygen atoms in total. The van der Waals surface area contributed by atoms with Gasteiger partial charge in [-0.2, -0.15) is 0 Å². The lowest BCUT2D eigenvalue weighted by Crippen LogP contribution is -2.38. The molecular formula is C21H20N4O2. The molecule has 1 N–H and O–H groups in total. The molecule has 1 fully saturated rings. The van der Waals surface area contributed by atoms with Crippen LogP contribution in [0.4, 0.5) is 0 Å². The summed E-state index contributed by atoms with van der Waals surface area (Å²) in [5.74, 6) is -0.159. The van der Waals surface area contributed by atoms with E-state index in [9.17, 15) is 9.59 Å². The van der Waals surface area contributed by atoms with Gasteiger partial charge in [0.1, 0.15) is 0 Å². The fourth-order valence-corrected chi connectivity index (χ4v) is 3.40. The zero-order valence-corrected chi connectivity index (χ0v) is 15.1. The van der Waals surface area contributed by atoms with Crippen LogP contribution in [0.3, 0.4) is 0 Å². The molecule has 3 heterocycles. The van der Waals surface area contributed by atoms with Crippen molar-refractivity contribution < 1.29 is 9.59 Å². The van der Waals surface area contributed by atoms with Crippen LogP contribution >= 0.6 is 0 Å². The molecule has 1 aliphatic heterocycles. The van der Waals surface area contributed by atoms with Gasteiger partial charge in [-0.15, -0.1) is 0 Å². The van der Waals surface area contributed by atoms with E-state index < -0.39 is 0 Å². The molecule has 1 atom stereocenters. The Balaban J connectivity index is 1.42. The largest absolute Gasteiger partial charge is 0.347 e. The quantitative estimate of drug-likeness (QED) is 0.779. The highest BCUT2D eigenvalue weighted by Crippen LogP contribution is 2.18. The average molecular weight is 360 g/mol. The first-order chi connectivity index (χ1) is 13.1. The second-order valence-electron chi connectivity index (χ2n) is 6.81. The molecule has 1 aromatic carbocycles. The van der Waals surface area contributed by atoms with Gasteiger partial charge < -0.3 is 10.2 Å². The fraction of sp³-hybridized carbons (Fsp3) is 0.238. The van der Waals surface area contributed by atoms with Crippen LogP contribution in [0, 0.1) is 6.92 Å². The van der Waals surface area contributed by atoms with Gasteiger partial charge in [0.2, 0.25) is 0 Å². The predicted molar refractivity (Wildman–Crippen MR) is 102 cm³/mol.